The molecule has 0 aromatic carbocycles. The Kier molecular flexibility index (Phi) is 7.60. The molecule has 4 aliphatic rings. The van der Waals surface area contributed by atoms with Crippen molar-refractivity contribution < 1.29 is 14.3 Å². The summed E-state index contributed by atoms with van der Waals surface area (Å²) >= 11 is 0. The summed E-state index contributed by atoms with van der Waals surface area (Å²) in [5, 5.41) is 0. The van der Waals surface area contributed by atoms with Crippen LogP contribution < -0.4 is 0 Å². The van der Waals surface area contributed by atoms with Gasteiger partial charge in [-0.15, -0.1) is 0 Å². The molecule has 4 rings (SSSR count). The van der Waals surface area contributed by atoms with Gasteiger partial charge in [-0.25, -0.2) is 0 Å². The molecule has 0 saturated heterocycles. The number of allylic oxidation sites excluding steroid dienone is 1. The van der Waals surface area contributed by atoms with E-state index in [2.05, 4.69) is 13.8 Å². The Labute approximate surface area is 189 Å². The van der Waals surface area contributed by atoms with Crippen LogP contribution in [0.25, 0.3) is 0 Å². The van der Waals surface area contributed by atoms with Gasteiger partial charge < -0.3 is 4.74 Å². The van der Waals surface area contributed by atoms with E-state index in [1.54, 1.807) is 0 Å². The van der Waals surface area contributed by atoms with E-state index in [1.807, 2.05) is 6.08 Å². The van der Waals surface area contributed by atoms with Crippen molar-refractivity contribution in [2.45, 2.75) is 123 Å². The largest absolute Gasteiger partial charge is 0.462 e. The van der Waals surface area contributed by atoms with Gasteiger partial charge in [0.1, 0.15) is 6.10 Å². The molecule has 3 heteroatoms. The van der Waals surface area contributed by atoms with Crippen molar-refractivity contribution in [3.63, 3.8) is 0 Å². The Morgan fingerprint density at radius 2 is 1.74 bits per heavy atom. The smallest absolute Gasteiger partial charge is 0.306 e. The number of ether oxygens (including phenoxy) is 1. The van der Waals surface area contributed by atoms with Crippen LogP contribution in [0.15, 0.2) is 11.6 Å². The lowest BCUT2D eigenvalue weighted by Gasteiger charge is -2.53. The molecule has 6 atom stereocenters. The zero-order valence-corrected chi connectivity index (χ0v) is 20.0. The van der Waals surface area contributed by atoms with Crippen LogP contribution >= 0.6 is 0 Å². The summed E-state index contributed by atoms with van der Waals surface area (Å²) in [5.41, 5.74) is 1.62. The molecule has 31 heavy (non-hydrogen) atoms. The summed E-state index contributed by atoms with van der Waals surface area (Å²) in [6.07, 6.45) is 20.3. The third-order valence-electron chi connectivity index (χ3n) is 9.47. The lowest BCUT2D eigenvalue weighted by Crippen LogP contribution is -2.48. The second kappa shape index (κ2) is 10.2. The van der Waals surface area contributed by atoms with Crippen LogP contribution in [-0.2, 0) is 14.3 Å². The molecular formula is C28H44O3. The van der Waals surface area contributed by atoms with Gasteiger partial charge in [0.05, 0.1) is 0 Å². The Bertz CT molecular complexity index is 680. The Morgan fingerprint density at radius 1 is 0.968 bits per heavy atom. The summed E-state index contributed by atoms with van der Waals surface area (Å²) in [6.45, 7) is 4.67. The average Bonchev–Trinajstić information content (AvgIpc) is 3.09. The average molecular weight is 429 g/mol. The number of ketones is 1. The molecule has 3 nitrogen and oxygen atoms in total. The zero-order valence-electron chi connectivity index (χ0n) is 20.0. The summed E-state index contributed by atoms with van der Waals surface area (Å²) < 4.78 is 6.13. The molecule has 0 N–H and O–H groups in total. The van der Waals surface area contributed by atoms with Gasteiger partial charge in [-0.2, -0.15) is 0 Å². The number of carbonyl (C=O) groups is 2. The molecule has 0 aromatic heterocycles. The molecule has 0 heterocycles. The Balaban J connectivity index is 1.27. The normalized spacial score (nSPS) is 36.9. The van der Waals surface area contributed by atoms with Gasteiger partial charge in [-0.3, -0.25) is 9.59 Å². The van der Waals surface area contributed by atoms with Crippen LogP contribution in [0.5, 0.6) is 0 Å². The van der Waals surface area contributed by atoms with Crippen molar-refractivity contribution in [3.8, 4) is 0 Å². The maximum absolute atomic E-state index is 12.6. The lowest BCUT2D eigenvalue weighted by molar-refractivity contribution is -0.159. The second-order valence-corrected chi connectivity index (χ2v) is 11.3. The summed E-state index contributed by atoms with van der Waals surface area (Å²) in [7, 11) is 0. The van der Waals surface area contributed by atoms with Crippen molar-refractivity contribution in [1.29, 1.82) is 0 Å². The molecule has 3 fully saturated rings. The zero-order chi connectivity index (χ0) is 21.8. The molecule has 0 spiro atoms. The minimum absolute atomic E-state index is 0.0437. The third-order valence-corrected chi connectivity index (χ3v) is 9.47. The van der Waals surface area contributed by atoms with E-state index in [1.165, 1.54) is 63.4 Å². The monoisotopic (exact) mass is 428 g/mol. The number of hydrogen-bond donors (Lipinski definition) is 0. The highest BCUT2D eigenvalue weighted by molar-refractivity contribution is 5.91. The molecule has 4 aliphatic carbocycles. The molecule has 0 aliphatic heterocycles. The van der Waals surface area contributed by atoms with Crippen LogP contribution in [0.3, 0.4) is 0 Å². The van der Waals surface area contributed by atoms with Crippen molar-refractivity contribution in [2.75, 3.05) is 0 Å². The number of unbranched alkanes of at least 4 members (excludes halogenated alkanes) is 6. The van der Waals surface area contributed by atoms with Gasteiger partial charge in [-0.05, 0) is 81.1 Å². The first kappa shape index (κ1) is 23.1. The second-order valence-electron chi connectivity index (χ2n) is 11.3. The van der Waals surface area contributed by atoms with Crippen molar-refractivity contribution in [1.82, 2.24) is 0 Å². The Morgan fingerprint density at radius 3 is 2.55 bits per heavy atom. The fraction of sp³-hybridized carbons (Fsp3) is 0.857. The predicted octanol–water partition coefficient (Wildman–Crippen LogP) is 7.18. The first-order valence-corrected chi connectivity index (χ1v) is 13.5. The maximum Gasteiger partial charge on any atom is 0.306 e. The van der Waals surface area contributed by atoms with E-state index < -0.39 is 0 Å². The first-order chi connectivity index (χ1) is 15.0. The molecule has 0 amide bonds. The van der Waals surface area contributed by atoms with Crippen molar-refractivity contribution >= 4 is 11.8 Å². The van der Waals surface area contributed by atoms with Crippen LogP contribution in [0.1, 0.15) is 117 Å². The van der Waals surface area contributed by atoms with Gasteiger partial charge in [0.15, 0.2) is 5.78 Å². The molecule has 0 radical (unpaired) electrons. The predicted molar refractivity (Wildman–Crippen MR) is 125 cm³/mol. The van der Waals surface area contributed by atoms with E-state index in [4.69, 9.17) is 4.74 Å². The SMILES string of the molecule is CCCCCCCCCC(=O)O[C@H]1CC[C@@H]2[C@@H]3CCC4=CC(=O)CC[C@H]4[C@H]3CC[C@]12C. The van der Waals surface area contributed by atoms with Gasteiger partial charge in [0, 0.05) is 18.3 Å². The highest BCUT2D eigenvalue weighted by atomic mass is 16.5. The molecule has 0 aromatic rings. The van der Waals surface area contributed by atoms with Gasteiger partial charge in [0.25, 0.3) is 0 Å². The maximum atomic E-state index is 12.6. The quantitative estimate of drug-likeness (QED) is 0.288. The van der Waals surface area contributed by atoms with Crippen LogP contribution in [0.2, 0.25) is 0 Å². The van der Waals surface area contributed by atoms with Crippen LogP contribution in [0, 0.1) is 29.1 Å². The van der Waals surface area contributed by atoms with Gasteiger partial charge >= 0.3 is 5.97 Å². The number of carbonyl (C=O) groups excluding carboxylic acids is 2. The number of hydrogen-bond acceptors (Lipinski definition) is 3. The van der Waals surface area contributed by atoms with E-state index >= 15 is 0 Å². The van der Waals surface area contributed by atoms with E-state index in [0.717, 1.165) is 50.4 Å². The fourth-order valence-electron chi connectivity index (χ4n) is 7.77. The highest BCUT2D eigenvalue weighted by Gasteiger charge is 2.57. The van der Waals surface area contributed by atoms with E-state index in [-0.39, 0.29) is 17.5 Å². The molecule has 3 saturated carbocycles. The van der Waals surface area contributed by atoms with Crippen molar-refractivity contribution in [2.24, 2.45) is 29.1 Å². The summed E-state index contributed by atoms with van der Waals surface area (Å²) in [6, 6.07) is 0. The Hall–Kier alpha value is -1.12. The molecule has 0 bridgehead atoms. The van der Waals surface area contributed by atoms with Crippen LogP contribution in [0.4, 0.5) is 0 Å². The number of rotatable bonds is 9. The third kappa shape index (κ3) is 4.96. The molecule has 0 unspecified atom stereocenters. The van der Waals surface area contributed by atoms with Gasteiger partial charge in [0.2, 0.25) is 0 Å². The minimum Gasteiger partial charge on any atom is -0.462 e. The standard InChI is InChI=1S/C28H44O3/c1-3-4-5-6-7-8-9-10-27(30)31-26-16-15-25-24-13-11-20-19-21(29)12-14-22(20)23(24)17-18-28(25,26)2/h19,22-26H,3-18H2,1-2H3/t22-,23-,24-,25-,26+,28+/m1/s1. The number of esters is 1. The minimum atomic E-state index is 0.0437. The van der Waals surface area contributed by atoms with E-state index in [9.17, 15) is 9.59 Å². The summed E-state index contributed by atoms with van der Waals surface area (Å²) in [4.78, 5) is 24.5. The fourth-order valence-corrected chi connectivity index (χ4v) is 7.77. The molecule has 174 valence electrons. The lowest BCUT2D eigenvalue weighted by atomic mass is 9.52. The first-order valence-electron chi connectivity index (χ1n) is 13.5. The highest BCUT2D eigenvalue weighted by Crippen LogP contribution is 2.62. The summed E-state index contributed by atoms with van der Waals surface area (Å²) in [5.74, 6) is 3.26. The van der Waals surface area contributed by atoms with Crippen molar-refractivity contribution in [3.05, 3.63) is 11.6 Å². The number of fused-ring (bicyclic) bond motifs is 5. The van der Waals surface area contributed by atoms with Gasteiger partial charge in [-0.1, -0.05) is 57.9 Å². The van der Waals surface area contributed by atoms with E-state index in [0.29, 0.717) is 24.0 Å². The molecular weight excluding hydrogens is 384 g/mol. The van der Waals surface area contributed by atoms with Crippen LogP contribution in [-0.4, -0.2) is 17.9 Å². The topological polar surface area (TPSA) is 43.4 Å².